The van der Waals surface area contributed by atoms with Crippen LogP contribution in [0, 0.1) is 11.6 Å². The van der Waals surface area contributed by atoms with Gasteiger partial charge in [-0.25, -0.2) is 8.78 Å². The van der Waals surface area contributed by atoms with Gasteiger partial charge in [-0.15, -0.1) is 0 Å². The minimum Gasteiger partial charge on any atom is -0.337 e. The highest BCUT2D eigenvalue weighted by atomic mass is 35.5. The Kier molecular flexibility index (Phi) is 4.29. The molecule has 1 amide bonds. The molecule has 0 unspecified atom stereocenters. The fraction of sp³-hybridized carbons (Fsp3) is 0.143. The summed E-state index contributed by atoms with van der Waals surface area (Å²) in [5, 5.41) is 0.274. The summed E-state index contributed by atoms with van der Waals surface area (Å²) < 4.78 is 26.4. The van der Waals surface area contributed by atoms with Crippen molar-refractivity contribution in [1.82, 2.24) is 9.88 Å². The van der Waals surface area contributed by atoms with Gasteiger partial charge in [0.1, 0.15) is 11.6 Å². The Morgan fingerprint density at radius 3 is 2.75 bits per heavy atom. The topological polar surface area (TPSA) is 33.2 Å². The van der Waals surface area contributed by atoms with Gasteiger partial charge >= 0.3 is 0 Å². The average Bonchev–Trinajstić information content (AvgIpc) is 2.41. The summed E-state index contributed by atoms with van der Waals surface area (Å²) in [6.07, 6.45) is 2.82. The van der Waals surface area contributed by atoms with Gasteiger partial charge in [0, 0.05) is 37.6 Å². The predicted octanol–water partition coefficient (Wildman–Crippen LogP) is 3.29. The molecule has 0 bridgehead atoms. The molecule has 0 atom stereocenters. The van der Waals surface area contributed by atoms with Crippen molar-refractivity contribution in [3.05, 3.63) is 64.4 Å². The standard InChI is InChI=1S/C14H11ClF2N2O/c1-19(8-9-2-3-10(16)6-13(9)17)14(20)11-7-18-5-4-12(11)15/h2-7H,8H2,1H3. The molecular formula is C14H11ClF2N2O. The van der Waals surface area contributed by atoms with Gasteiger partial charge in [-0.1, -0.05) is 17.7 Å². The number of amides is 1. The second-order valence-electron chi connectivity index (χ2n) is 4.25. The maximum Gasteiger partial charge on any atom is 0.256 e. The van der Waals surface area contributed by atoms with Crippen molar-refractivity contribution in [1.29, 1.82) is 0 Å². The van der Waals surface area contributed by atoms with E-state index in [0.717, 1.165) is 12.1 Å². The minimum atomic E-state index is -0.693. The van der Waals surface area contributed by atoms with E-state index >= 15 is 0 Å². The molecule has 2 rings (SSSR count). The van der Waals surface area contributed by atoms with Crippen molar-refractivity contribution in [2.24, 2.45) is 0 Å². The van der Waals surface area contributed by atoms with E-state index in [1.54, 1.807) is 0 Å². The highest BCUT2D eigenvalue weighted by Crippen LogP contribution is 2.17. The lowest BCUT2D eigenvalue weighted by molar-refractivity contribution is 0.0783. The van der Waals surface area contributed by atoms with Crippen LogP contribution in [0.25, 0.3) is 0 Å². The van der Waals surface area contributed by atoms with Crippen LogP contribution in [-0.4, -0.2) is 22.8 Å². The number of halogens is 3. The maximum atomic E-state index is 13.5. The molecule has 0 saturated carbocycles. The van der Waals surface area contributed by atoms with Crippen molar-refractivity contribution in [3.8, 4) is 0 Å². The first kappa shape index (κ1) is 14.4. The van der Waals surface area contributed by atoms with E-state index in [0.29, 0.717) is 0 Å². The fourth-order valence-corrected chi connectivity index (χ4v) is 1.90. The molecule has 0 aliphatic heterocycles. The van der Waals surface area contributed by atoms with E-state index in [9.17, 15) is 13.6 Å². The zero-order valence-corrected chi connectivity index (χ0v) is 11.4. The summed E-state index contributed by atoms with van der Waals surface area (Å²) in [5.74, 6) is -1.73. The molecule has 1 heterocycles. The molecule has 1 aromatic heterocycles. The van der Waals surface area contributed by atoms with Crippen LogP contribution >= 0.6 is 11.6 Å². The molecular weight excluding hydrogens is 286 g/mol. The summed E-state index contributed by atoms with van der Waals surface area (Å²) >= 11 is 5.91. The molecule has 104 valence electrons. The third-order valence-corrected chi connectivity index (χ3v) is 3.10. The van der Waals surface area contributed by atoms with Crippen LogP contribution in [-0.2, 0) is 6.54 Å². The molecule has 1 aromatic carbocycles. The van der Waals surface area contributed by atoms with Gasteiger partial charge in [-0.2, -0.15) is 0 Å². The number of carbonyl (C=O) groups excluding carboxylic acids is 1. The van der Waals surface area contributed by atoms with E-state index < -0.39 is 11.6 Å². The smallest absolute Gasteiger partial charge is 0.256 e. The fourth-order valence-electron chi connectivity index (χ4n) is 1.72. The van der Waals surface area contributed by atoms with Gasteiger partial charge in [-0.05, 0) is 12.1 Å². The molecule has 0 radical (unpaired) electrons. The molecule has 6 heteroatoms. The molecule has 0 spiro atoms. The molecule has 20 heavy (non-hydrogen) atoms. The van der Waals surface area contributed by atoms with E-state index in [4.69, 9.17) is 11.6 Å². The number of carbonyl (C=O) groups is 1. The van der Waals surface area contributed by atoms with Crippen LogP contribution < -0.4 is 0 Å². The highest BCUT2D eigenvalue weighted by molar-refractivity contribution is 6.33. The van der Waals surface area contributed by atoms with Crippen LogP contribution in [0.15, 0.2) is 36.7 Å². The van der Waals surface area contributed by atoms with E-state index in [-0.39, 0.29) is 28.6 Å². The molecule has 3 nitrogen and oxygen atoms in total. The minimum absolute atomic E-state index is 0.0101. The van der Waals surface area contributed by atoms with Gasteiger partial charge in [0.05, 0.1) is 10.6 Å². The Labute approximate surface area is 119 Å². The summed E-state index contributed by atoms with van der Waals surface area (Å²) in [5.41, 5.74) is 0.460. The first-order valence-corrected chi connectivity index (χ1v) is 6.15. The third-order valence-electron chi connectivity index (χ3n) is 2.77. The SMILES string of the molecule is CN(Cc1ccc(F)cc1F)C(=O)c1cnccc1Cl. The summed E-state index contributed by atoms with van der Waals surface area (Å²) in [7, 11) is 1.51. The Hall–Kier alpha value is -2.01. The van der Waals surface area contributed by atoms with Crippen molar-refractivity contribution in [2.45, 2.75) is 6.54 Å². The zero-order valence-electron chi connectivity index (χ0n) is 10.6. The first-order valence-electron chi connectivity index (χ1n) is 5.78. The van der Waals surface area contributed by atoms with Crippen molar-refractivity contribution in [3.63, 3.8) is 0 Å². The monoisotopic (exact) mass is 296 g/mol. The van der Waals surface area contributed by atoms with Gasteiger partial charge in [-0.3, -0.25) is 9.78 Å². The van der Waals surface area contributed by atoms with Crippen molar-refractivity contribution < 1.29 is 13.6 Å². The maximum absolute atomic E-state index is 13.5. The van der Waals surface area contributed by atoms with E-state index in [1.807, 2.05) is 0 Å². The summed E-state index contributed by atoms with van der Waals surface area (Å²) in [4.78, 5) is 17.3. The van der Waals surface area contributed by atoms with E-state index in [1.165, 1.54) is 36.5 Å². The Bertz CT molecular complexity index is 649. The van der Waals surface area contributed by atoms with Gasteiger partial charge in [0.25, 0.3) is 5.91 Å². The number of nitrogens with zero attached hydrogens (tertiary/aromatic N) is 2. The number of rotatable bonds is 3. The van der Waals surface area contributed by atoms with Gasteiger partial charge in [0.15, 0.2) is 0 Å². The largest absolute Gasteiger partial charge is 0.337 e. The lowest BCUT2D eigenvalue weighted by Crippen LogP contribution is -2.27. The van der Waals surface area contributed by atoms with Crippen LogP contribution in [0.2, 0.25) is 5.02 Å². The number of aromatic nitrogens is 1. The average molecular weight is 297 g/mol. The Balaban J connectivity index is 2.18. The summed E-state index contributed by atoms with van der Waals surface area (Å²) in [6, 6.07) is 4.74. The number of benzene rings is 1. The molecule has 0 aliphatic rings. The normalized spacial score (nSPS) is 10.4. The highest BCUT2D eigenvalue weighted by Gasteiger charge is 2.16. The molecule has 0 saturated heterocycles. The first-order chi connectivity index (χ1) is 9.49. The van der Waals surface area contributed by atoms with Crippen molar-refractivity contribution >= 4 is 17.5 Å². The van der Waals surface area contributed by atoms with Crippen LogP contribution in [0.1, 0.15) is 15.9 Å². The molecule has 0 aliphatic carbocycles. The number of hydrogen-bond donors (Lipinski definition) is 0. The number of pyridine rings is 1. The second-order valence-corrected chi connectivity index (χ2v) is 4.66. The molecule has 0 N–H and O–H groups in total. The van der Waals surface area contributed by atoms with E-state index in [2.05, 4.69) is 4.98 Å². The lowest BCUT2D eigenvalue weighted by atomic mass is 10.2. The van der Waals surface area contributed by atoms with Gasteiger partial charge in [0.2, 0.25) is 0 Å². The zero-order chi connectivity index (χ0) is 14.7. The van der Waals surface area contributed by atoms with Crippen LogP contribution in [0.4, 0.5) is 8.78 Å². The van der Waals surface area contributed by atoms with Crippen LogP contribution in [0.5, 0.6) is 0 Å². The van der Waals surface area contributed by atoms with Crippen LogP contribution in [0.3, 0.4) is 0 Å². The molecule has 0 fully saturated rings. The summed E-state index contributed by atoms with van der Waals surface area (Å²) in [6.45, 7) is 0.0101. The van der Waals surface area contributed by atoms with Crippen molar-refractivity contribution in [2.75, 3.05) is 7.05 Å². The Morgan fingerprint density at radius 2 is 2.10 bits per heavy atom. The Morgan fingerprint density at radius 1 is 1.35 bits per heavy atom. The molecule has 2 aromatic rings. The predicted molar refractivity (Wildman–Crippen MR) is 71.4 cm³/mol. The quantitative estimate of drug-likeness (QED) is 0.871. The second kappa shape index (κ2) is 5.96. The van der Waals surface area contributed by atoms with Gasteiger partial charge < -0.3 is 4.90 Å². The number of hydrogen-bond acceptors (Lipinski definition) is 2. The lowest BCUT2D eigenvalue weighted by Gasteiger charge is -2.18. The third kappa shape index (κ3) is 3.11.